The van der Waals surface area contributed by atoms with Crippen LogP contribution in [0.15, 0.2) is 4.99 Å². The van der Waals surface area contributed by atoms with Crippen LogP contribution < -0.4 is 11.1 Å². The Morgan fingerprint density at radius 3 is 3.00 bits per heavy atom. The zero-order valence-corrected chi connectivity index (χ0v) is 9.29. The first-order chi connectivity index (χ1) is 6.74. The lowest BCUT2D eigenvalue weighted by Crippen LogP contribution is -2.48. The van der Waals surface area contributed by atoms with Crippen molar-refractivity contribution in [1.82, 2.24) is 10.2 Å². The van der Waals surface area contributed by atoms with Crippen LogP contribution in [-0.2, 0) is 0 Å². The van der Waals surface area contributed by atoms with Crippen molar-refractivity contribution in [3.8, 4) is 0 Å². The molecule has 1 fully saturated rings. The largest absolute Gasteiger partial charge is 0.356 e. The molecule has 0 bridgehead atoms. The van der Waals surface area contributed by atoms with E-state index in [9.17, 15) is 0 Å². The summed E-state index contributed by atoms with van der Waals surface area (Å²) in [6, 6.07) is 0.357. The van der Waals surface area contributed by atoms with E-state index in [1.54, 1.807) is 0 Å². The quantitative estimate of drug-likeness (QED) is 0.687. The average Bonchev–Trinajstić information content (AvgIpc) is 2.16. The van der Waals surface area contributed by atoms with Gasteiger partial charge in [0, 0.05) is 25.7 Å². The van der Waals surface area contributed by atoms with Crippen molar-refractivity contribution in [3.05, 3.63) is 0 Å². The monoisotopic (exact) mass is 198 g/mol. The first-order valence-electron chi connectivity index (χ1n) is 5.50. The third-order valence-electron chi connectivity index (χ3n) is 2.20. The summed E-state index contributed by atoms with van der Waals surface area (Å²) >= 11 is 0. The van der Waals surface area contributed by atoms with Gasteiger partial charge in [-0.2, -0.15) is 0 Å². The Labute approximate surface area is 86.6 Å². The molecule has 0 radical (unpaired) electrons. The van der Waals surface area contributed by atoms with Crippen LogP contribution >= 0.6 is 0 Å². The minimum Gasteiger partial charge on any atom is -0.356 e. The molecule has 0 spiro atoms. The number of guanidine groups is 1. The van der Waals surface area contributed by atoms with Crippen LogP contribution in [-0.4, -0.2) is 43.1 Å². The van der Waals surface area contributed by atoms with Crippen molar-refractivity contribution in [2.24, 2.45) is 10.7 Å². The predicted molar refractivity (Wildman–Crippen MR) is 60.4 cm³/mol. The van der Waals surface area contributed by atoms with Crippen LogP contribution in [0.4, 0.5) is 0 Å². The van der Waals surface area contributed by atoms with Crippen LogP contribution in [0.5, 0.6) is 0 Å². The van der Waals surface area contributed by atoms with Gasteiger partial charge in [-0.25, -0.2) is 0 Å². The van der Waals surface area contributed by atoms with Crippen molar-refractivity contribution < 1.29 is 0 Å². The molecule has 0 aromatic rings. The molecule has 14 heavy (non-hydrogen) atoms. The summed E-state index contributed by atoms with van der Waals surface area (Å²) in [4.78, 5) is 6.86. The fourth-order valence-electron chi connectivity index (χ4n) is 1.56. The Balaban J connectivity index is 2.50. The molecule has 1 rings (SSSR count). The number of rotatable bonds is 4. The van der Waals surface area contributed by atoms with Gasteiger partial charge >= 0.3 is 0 Å². The highest BCUT2D eigenvalue weighted by molar-refractivity contribution is 5.80. The lowest BCUT2D eigenvalue weighted by atomic mass is 10.3. The molecule has 0 aliphatic carbocycles. The van der Waals surface area contributed by atoms with Gasteiger partial charge in [0.15, 0.2) is 5.96 Å². The second-order valence-corrected chi connectivity index (χ2v) is 3.96. The van der Waals surface area contributed by atoms with Gasteiger partial charge in [0.05, 0.1) is 0 Å². The van der Waals surface area contributed by atoms with Crippen molar-refractivity contribution in [3.63, 3.8) is 0 Å². The zero-order chi connectivity index (χ0) is 10.4. The zero-order valence-electron chi connectivity index (χ0n) is 9.29. The Morgan fingerprint density at radius 2 is 2.36 bits per heavy atom. The molecule has 1 aliphatic heterocycles. The molecular formula is C10H22N4. The van der Waals surface area contributed by atoms with Crippen molar-refractivity contribution in [2.45, 2.75) is 32.7 Å². The van der Waals surface area contributed by atoms with Crippen molar-refractivity contribution >= 4 is 5.96 Å². The van der Waals surface area contributed by atoms with Crippen LogP contribution in [0.3, 0.4) is 0 Å². The van der Waals surface area contributed by atoms with E-state index in [4.69, 9.17) is 5.73 Å². The van der Waals surface area contributed by atoms with E-state index < -0.39 is 0 Å². The van der Waals surface area contributed by atoms with E-state index >= 15 is 0 Å². The molecule has 0 amide bonds. The molecule has 0 unspecified atom stereocenters. The summed E-state index contributed by atoms with van der Waals surface area (Å²) in [6.45, 7) is 8.14. The highest BCUT2D eigenvalue weighted by atomic mass is 15.3. The van der Waals surface area contributed by atoms with Crippen molar-refractivity contribution in [2.75, 3.05) is 26.2 Å². The van der Waals surface area contributed by atoms with E-state index in [0.717, 1.165) is 38.6 Å². The first kappa shape index (κ1) is 11.3. The minimum absolute atomic E-state index is 0.357. The maximum Gasteiger partial charge on any atom is 0.194 e. The third-order valence-corrected chi connectivity index (χ3v) is 2.20. The van der Waals surface area contributed by atoms with Gasteiger partial charge in [0.25, 0.3) is 0 Å². The summed E-state index contributed by atoms with van der Waals surface area (Å²) in [5.41, 5.74) is 5.51. The second-order valence-electron chi connectivity index (χ2n) is 3.96. The molecule has 4 nitrogen and oxygen atoms in total. The normalized spacial score (nSPS) is 20.3. The molecule has 0 saturated carbocycles. The number of aliphatic imine (C=N–C) groups is 1. The van der Waals surface area contributed by atoms with E-state index in [0.29, 0.717) is 6.04 Å². The predicted octanol–water partition coefficient (Wildman–Crippen LogP) is 0.395. The molecule has 1 saturated heterocycles. The Morgan fingerprint density at radius 1 is 1.57 bits per heavy atom. The SMILES string of the molecule is CC(C)/N=C1\NCCCN1CCCN. The lowest BCUT2D eigenvalue weighted by Gasteiger charge is -2.31. The summed E-state index contributed by atoms with van der Waals surface area (Å²) in [5, 5.41) is 3.34. The second kappa shape index (κ2) is 5.86. The van der Waals surface area contributed by atoms with Crippen LogP contribution in [0.2, 0.25) is 0 Å². The molecular weight excluding hydrogens is 176 g/mol. The maximum absolute atomic E-state index is 5.51. The molecule has 82 valence electrons. The van der Waals surface area contributed by atoms with Crippen molar-refractivity contribution in [1.29, 1.82) is 0 Å². The fourth-order valence-corrected chi connectivity index (χ4v) is 1.56. The van der Waals surface area contributed by atoms with E-state index in [2.05, 4.69) is 29.1 Å². The van der Waals surface area contributed by atoms with Gasteiger partial charge < -0.3 is 16.0 Å². The number of nitrogens with one attached hydrogen (secondary N) is 1. The smallest absolute Gasteiger partial charge is 0.194 e. The molecule has 1 aliphatic rings. The summed E-state index contributed by atoms with van der Waals surface area (Å²) < 4.78 is 0. The van der Waals surface area contributed by atoms with Crippen LogP contribution in [0.25, 0.3) is 0 Å². The molecule has 1 heterocycles. The first-order valence-corrected chi connectivity index (χ1v) is 5.50. The number of hydrogen-bond acceptors (Lipinski definition) is 2. The van der Waals surface area contributed by atoms with Gasteiger partial charge in [0.2, 0.25) is 0 Å². The summed E-state index contributed by atoms with van der Waals surface area (Å²) in [6.07, 6.45) is 2.24. The molecule has 0 atom stereocenters. The van der Waals surface area contributed by atoms with Gasteiger partial charge in [-0.3, -0.25) is 4.99 Å². The molecule has 3 N–H and O–H groups in total. The Hall–Kier alpha value is -0.770. The minimum atomic E-state index is 0.357. The standard InChI is InChI=1S/C10H22N4/c1-9(2)13-10-12-6-4-8-14(10)7-3-5-11/h9H,3-8,11H2,1-2H3,(H,12,13). The highest BCUT2D eigenvalue weighted by Crippen LogP contribution is 2.02. The van der Waals surface area contributed by atoms with Gasteiger partial charge in [-0.05, 0) is 33.2 Å². The van der Waals surface area contributed by atoms with Gasteiger partial charge in [-0.15, -0.1) is 0 Å². The number of nitrogens with zero attached hydrogens (tertiary/aromatic N) is 2. The topological polar surface area (TPSA) is 53.7 Å². The van der Waals surface area contributed by atoms with Crippen LogP contribution in [0, 0.1) is 0 Å². The van der Waals surface area contributed by atoms with E-state index in [1.165, 1.54) is 6.42 Å². The summed E-state index contributed by atoms with van der Waals surface area (Å²) in [5.74, 6) is 1.06. The van der Waals surface area contributed by atoms with Gasteiger partial charge in [0.1, 0.15) is 0 Å². The van der Waals surface area contributed by atoms with E-state index in [-0.39, 0.29) is 0 Å². The maximum atomic E-state index is 5.51. The van der Waals surface area contributed by atoms with E-state index in [1.807, 2.05) is 0 Å². The molecule has 0 aromatic heterocycles. The Bertz CT molecular complexity index is 189. The van der Waals surface area contributed by atoms with Crippen LogP contribution in [0.1, 0.15) is 26.7 Å². The Kier molecular flexibility index (Phi) is 4.73. The number of nitrogens with two attached hydrogens (primary N) is 1. The lowest BCUT2D eigenvalue weighted by molar-refractivity contribution is 0.360. The molecule has 0 aromatic carbocycles. The average molecular weight is 198 g/mol. The summed E-state index contributed by atoms with van der Waals surface area (Å²) in [7, 11) is 0. The van der Waals surface area contributed by atoms with Gasteiger partial charge in [-0.1, -0.05) is 0 Å². The highest BCUT2D eigenvalue weighted by Gasteiger charge is 2.14. The number of hydrogen-bond donors (Lipinski definition) is 2. The molecule has 4 heteroatoms. The fraction of sp³-hybridized carbons (Fsp3) is 0.900. The third kappa shape index (κ3) is 3.54.